The predicted molar refractivity (Wildman–Crippen MR) is 134 cm³/mol. The third kappa shape index (κ3) is 4.72. The van der Waals surface area contributed by atoms with Crippen molar-refractivity contribution in [2.45, 2.75) is 77.4 Å². The van der Waals surface area contributed by atoms with Crippen molar-refractivity contribution in [2.75, 3.05) is 18.0 Å². The average molecular weight is 537 g/mol. The van der Waals surface area contributed by atoms with Crippen LogP contribution >= 0.6 is 11.3 Å². The van der Waals surface area contributed by atoms with Gasteiger partial charge in [0.15, 0.2) is 22.5 Å². The Hall–Kier alpha value is -2.99. The van der Waals surface area contributed by atoms with Gasteiger partial charge in [0, 0.05) is 24.2 Å². The maximum absolute atomic E-state index is 14.6. The van der Waals surface area contributed by atoms with Crippen LogP contribution in [-0.2, 0) is 4.74 Å². The van der Waals surface area contributed by atoms with Gasteiger partial charge in [-0.3, -0.25) is 4.90 Å². The normalized spacial score (nSPS) is 20.2. The summed E-state index contributed by atoms with van der Waals surface area (Å²) >= 11 is 1.40. The minimum atomic E-state index is -3.88. The summed E-state index contributed by atoms with van der Waals surface area (Å²) in [6.45, 7) is 10.2. The Kier molecular flexibility index (Phi) is 5.91. The fourth-order valence-electron chi connectivity index (χ4n) is 4.48. The van der Waals surface area contributed by atoms with Crippen molar-refractivity contribution in [3.05, 3.63) is 23.2 Å². The van der Waals surface area contributed by atoms with Crippen LogP contribution in [0.1, 0.15) is 46.7 Å². The second-order valence-electron chi connectivity index (χ2n) is 11.1. The van der Waals surface area contributed by atoms with Gasteiger partial charge < -0.3 is 23.9 Å². The molecule has 3 fully saturated rings. The first-order valence-electron chi connectivity index (χ1n) is 12.0. The highest BCUT2D eigenvalue weighted by Gasteiger charge is 2.51. The van der Waals surface area contributed by atoms with Crippen molar-refractivity contribution in [1.29, 1.82) is 0 Å². The largest absolute Gasteiger partial charge is 0.444 e. The van der Waals surface area contributed by atoms with Crippen LogP contribution < -0.4 is 9.64 Å². The molecule has 0 aliphatic carbocycles. The van der Waals surface area contributed by atoms with Crippen molar-refractivity contribution in [3.8, 4) is 16.3 Å². The van der Waals surface area contributed by atoms with Crippen LogP contribution in [0.15, 0.2) is 21.9 Å². The summed E-state index contributed by atoms with van der Waals surface area (Å²) < 4.78 is 45.9. The Morgan fingerprint density at radius 1 is 1.16 bits per heavy atom. The Labute approximate surface area is 217 Å². The first-order chi connectivity index (χ1) is 17.1. The standard InChI is InChI=1S/C25H30F2N4O5S/c1-13-12-37-20(28-13)16-7-8-17(35-25(26,27)24(5,6)33)18-19(16)34-21(29-18)30-10-14-9-15(11-30)31(14)22(32)36-23(2,3)4/h7-8,12,14-15,33H,9-11H2,1-6H3. The molecule has 9 nitrogen and oxygen atoms in total. The van der Waals surface area contributed by atoms with Gasteiger partial charge in [-0.2, -0.15) is 13.8 Å². The van der Waals surface area contributed by atoms with Gasteiger partial charge in [0.05, 0.1) is 17.6 Å². The number of aliphatic hydroxyl groups is 1. The van der Waals surface area contributed by atoms with Crippen LogP contribution in [-0.4, -0.2) is 68.6 Å². The predicted octanol–water partition coefficient (Wildman–Crippen LogP) is 5.20. The lowest BCUT2D eigenvalue weighted by Crippen LogP contribution is -2.70. The molecular formula is C25H30F2N4O5S. The number of fused-ring (bicyclic) bond motifs is 3. The number of oxazole rings is 1. The van der Waals surface area contributed by atoms with E-state index in [0.717, 1.165) is 26.0 Å². The molecular weight excluding hydrogens is 506 g/mol. The summed E-state index contributed by atoms with van der Waals surface area (Å²) in [6, 6.07) is 3.09. The smallest absolute Gasteiger partial charge is 0.426 e. The number of carbonyl (C=O) groups excluding carboxylic acids is 1. The Balaban J connectivity index is 1.48. The van der Waals surface area contributed by atoms with E-state index < -0.39 is 17.3 Å². The molecule has 2 atom stereocenters. The molecule has 2 aromatic heterocycles. The number of aromatic nitrogens is 2. The summed E-state index contributed by atoms with van der Waals surface area (Å²) in [6.07, 6.45) is -3.39. The fraction of sp³-hybridized carbons (Fsp3) is 0.560. The number of thiazole rings is 1. The lowest BCUT2D eigenvalue weighted by Gasteiger charge is -2.55. The number of piperidine rings is 1. The van der Waals surface area contributed by atoms with E-state index in [0.29, 0.717) is 23.7 Å². The molecule has 2 unspecified atom stereocenters. The molecule has 5 heterocycles. The molecule has 3 aliphatic rings. The fourth-order valence-corrected chi connectivity index (χ4v) is 5.30. The van der Waals surface area contributed by atoms with Crippen LogP contribution in [0.4, 0.5) is 19.6 Å². The van der Waals surface area contributed by atoms with Gasteiger partial charge >= 0.3 is 12.2 Å². The number of halogens is 2. The van der Waals surface area contributed by atoms with E-state index in [1.54, 1.807) is 11.0 Å². The first kappa shape index (κ1) is 25.7. The Morgan fingerprint density at radius 2 is 1.84 bits per heavy atom. The molecule has 37 heavy (non-hydrogen) atoms. The van der Waals surface area contributed by atoms with E-state index in [9.17, 15) is 18.7 Å². The number of hydrogen-bond acceptors (Lipinski definition) is 9. The number of rotatable bonds is 5. The number of anilines is 1. The molecule has 200 valence electrons. The molecule has 3 aromatic rings. The Morgan fingerprint density at radius 3 is 2.41 bits per heavy atom. The van der Waals surface area contributed by atoms with Crippen LogP contribution in [0.25, 0.3) is 21.7 Å². The lowest BCUT2D eigenvalue weighted by molar-refractivity contribution is -0.275. The van der Waals surface area contributed by atoms with Crippen molar-refractivity contribution in [1.82, 2.24) is 14.9 Å². The molecule has 0 saturated carbocycles. The van der Waals surface area contributed by atoms with E-state index in [1.165, 1.54) is 17.4 Å². The van der Waals surface area contributed by atoms with Gasteiger partial charge in [-0.1, -0.05) is 0 Å². The minimum Gasteiger partial charge on any atom is -0.444 e. The second kappa shape index (κ2) is 8.52. The van der Waals surface area contributed by atoms with Gasteiger partial charge in [0.2, 0.25) is 0 Å². The van der Waals surface area contributed by atoms with E-state index >= 15 is 0 Å². The van der Waals surface area contributed by atoms with Gasteiger partial charge in [-0.25, -0.2) is 9.78 Å². The zero-order valence-electron chi connectivity index (χ0n) is 21.5. The maximum Gasteiger partial charge on any atom is 0.426 e. The number of benzene rings is 1. The monoisotopic (exact) mass is 536 g/mol. The summed E-state index contributed by atoms with van der Waals surface area (Å²) in [4.78, 5) is 25.3. The molecule has 1 aromatic carbocycles. The van der Waals surface area contributed by atoms with Gasteiger partial charge in [0.1, 0.15) is 10.6 Å². The van der Waals surface area contributed by atoms with Crippen LogP contribution in [0.2, 0.25) is 0 Å². The molecule has 2 bridgehead atoms. The highest BCUT2D eigenvalue weighted by atomic mass is 32.1. The topological polar surface area (TPSA) is 101 Å². The van der Waals surface area contributed by atoms with Crippen molar-refractivity contribution < 1.29 is 32.6 Å². The summed E-state index contributed by atoms with van der Waals surface area (Å²) in [7, 11) is 0. The van der Waals surface area contributed by atoms with E-state index in [4.69, 9.17) is 13.9 Å². The first-order valence-corrected chi connectivity index (χ1v) is 12.9. The number of ether oxygens (including phenoxy) is 2. The number of hydrogen-bond donors (Lipinski definition) is 1. The maximum atomic E-state index is 14.6. The Bertz CT molecular complexity index is 1330. The zero-order valence-corrected chi connectivity index (χ0v) is 22.4. The average Bonchev–Trinajstić information content (AvgIpc) is 3.39. The second-order valence-corrected chi connectivity index (χ2v) is 12.0. The quantitative estimate of drug-likeness (QED) is 0.475. The van der Waals surface area contributed by atoms with Crippen LogP contribution in [0, 0.1) is 6.92 Å². The molecule has 0 spiro atoms. The lowest BCUT2D eigenvalue weighted by atomic mass is 9.88. The number of amides is 1. The summed E-state index contributed by atoms with van der Waals surface area (Å²) in [5.74, 6) is -0.216. The highest BCUT2D eigenvalue weighted by Crippen LogP contribution is 2.43. The number of carbonyl (C=O) groups is 1. The minimum absolute atomic E-state index is 0.0695. The van der Waals surface area contributed by atoms with E-state index in [2.05, 4.69) is 9.97 Å². The third-order valence-corrected chi connectivity index (χ3v) is 7.36. The van der Waals surface area contributed by atoms with Gasteiger partial charge in [-0.05, 0) is 60.1 Å². The third-order valence-electron chi connectivity index (χ3n) is 6.36. The van der Waals surface area contributed by atoms with Crippen molar-refractivity contribution in [2.24, 2.45) is 0 Å². The summed E-state index contributed by atoms with van der Waals surface area (Å²) in [5, 5.41) is 12.5. The molecule has 1 amide bonds. The highest BCUT2D eigenvalue weighted by molar-refractivity contribution is 7.13. The number of alkyl halides is 2. The van der Waals surface area contributed by atoms with Crippen LogP contribution in [0.5, 0.6) is 5.75 Å². The van der Waals surface area contributed by atoms with Crippen LogP contribution in [0.3, 0.4) is 0 Å². The van der Waals surface area contributed by atoms with Gasteiger partial charge in [0.25, 0.3) is 6.01 Å². The number of aryl methyl sites for hydroxylation is 1. The zero-order chi connectivity index (χ0) is 26.9. The number of nitrogens with zero attached hydrogens (tertiary/aromatic N) is 4. The molecule has 1 N–H and O–H groups in total. The molecule has 6 rings (SSSR count). The number of piperazine rings is 1. The van der Waals surface area contributed by atoms with E-state index in [1.807, 2.05) is 38.0 Å². The molecule has 3 aliphatic heterocycles. The van der Waals surface area contributed by atoms with Gasteiger partial charge in [-0.15, -0.1) is 11.3 Å². The molecule has 0 radical (unpaired) electrons. The van der Waals surface area contributed by atoms with E-state index in [-0.39, 0.29) is 41.0 Å². The molecule has 3 saturated heterocycles. The SMILES string of the molecule is Cc1csc(-c2ccc(OC(F)(F)C(C)(C)O)c3nc(N4CC5CC(C4)N5C(=O)OC(C)(C)C)oc23)n1. The van der Waals surface area contributed by atoms with Crippen molar-refractivity contribution in [3.63, 3.8) is 0 Å². The van der Waals surface area contributed by atoms with Crippen molar-refractivity contribution >= 4 is 34.5 Å². The molecule has 12 heteroatoms. The summed E-state index contributed by atoms with van der Waals surface area (Å²) in [5.41, 5.74) is -1.23.